The third-order valence-corrected chi connectivity index (χ3v) is 8.21. The third kappa shape index (κ3) is 4.66. The molecule has 1 saturated carbocycles. The van der Waals surface area contributed by atoms with E-state index in [1.807, 2.05) is 4.90 Å². The molecule has 0 unspecified atom stereocenters. The summed E-state index contributed by atoms with van der Waals surface area (Å²) in [6, 6.07) is 4.67. The molecule has 1 aromatic carbocycles. The Labute approximate surface area is 199 Å². The van der Waals surface area contributed by atoms with Crippen LogP contribution in [0.5, 0.6) is 0 Å². The first-order valence-corrected chi connectivity index (χ1v) is 13.1. The van der Waals surface area contributed by atoms with Gasteiger partial charge in [-0.25, -0.2) is 13.1 Å². The SMILES string of the molecule is C[C@@]1(O)CCN(c2nc(NC3CC(S(C)(=O)=O)C3)nc3c2cnn3-c2cccc(C(F)(F)F)c2)C1. The lowest BCUT2D eigenvalue weighted by Crippen LogP contribution is -2.43. The highest BCUT2D eigenvalue weighted by Crippen LogP contribution is 2.35. The van der Waals surface area contributed by atoms with Gasteiger partial charge in [0.05, 0.1) is 33.7 Å². The number of halogens is 3. The van der Waals surface area contributed by atoms with E-state index in [0.29, 0.717) is 49.2 Å². The number of alkyl halides is 3. The Balaban J connectivity index is 1.55. The molecule has 2 aromatic heterocycles. The van der Waals surface area contributed by atoms with Gasteiger partial charge in [-0.05, 0) is 44.4 Å². The highest BCUT2D eigenvalue weighted by molar-refractivity contribution is 7.91. The Morgan fingerprint density at radius 2 is 1.97 bits per heavy atom. The minimum Gasteiger partial charge on any atom is -0.388 e. The Bertz CT molecular complexity index is 1380. The molecule has 2 N–H and O–H groups in total. The molecule has 3 aromatic rings. The summed E-state index contributed by atoms with van der Waals surface area (Å²) in [7, 11) is -3.13. The molecule has 0 amide bonds. The lowest BCUT2D eigenvalue weighted by molar-refractivity contribution is -0.137. The molecule has 9 nitrogen and oxygen atoms in total. The first-order chi connectivity index (χ1) is 16.3. The van der Waals surface area contributed by atoms with Gasteiger partial charge in [0.15, 0.2) is 5.65 Å². The Morgan fingerprint density at radius 3 is 2.60 bits per heavy atom. The van der Waals surface area contributed by atoms with Crippen molar-refractivity contribution in [3.8, 4) is 5.69 Å². The van der Waals surface area contributed by atoms with Crippen molar-refractivity contribution in [2.75, 3.05) is 29.6 Å². The van der Waals surface area contributed by atoms with Crippen molar-refractivity contribution in [3.05, 3.63) is 36.0 Å². The molecular weight excluding hydrogens is 485 g/mol. The second-order valence-electron chi connectivity index (χ2n) is 9.65. The van der Waals surface area contributed by atoms with Crippen LogP contribution < -0.4 is 10.2 Å². The summed E-state index contributed by atoms with van der Waals surface area (Å²) in [6.07, 6.45) is -0.428. The number of anilines is 2. The van der Waals surface area contributed by atoms with E-state index >= 15 is 0 Å². The standard InChI is InChI=1S/C22H25F3N6O3S/c1-21(32)6-7-30(12-21)18-17-11-26-31(15-5-3-4-13(8-15)22(23,24)25)19(17)29-20(28-18)27-14-9-16(10-14)35(2,33)34/h3-5,8,11,14,16,32H,6-7,9-10,12H2,1-2H3,(H,27,28,29)/t14?,16?,21-/m1/s1. The van der Waals surface area contributed by atoms with Crippen molar-refractivity contribution >= 4 is 32.6 Å². The van der Waals surface area contributed by atoms with Crippen LogP contribution in [-0.2, 0) is 16.0 Å². The summed E-state index contributed by atoms with van der Waals surface area (Å²) in [6.45, 7) is 2.59. The van der Waals surface area contributed by atoms with E-state index in [0.717, 1.165) is 12.1 Å². The molecule has 1 saturated heterocycles. The maximum atomic E-state index is 13.3. The molecule has 35 heavy (non-hydrogen) atoms. The molecule has 5 rings (SSSR count). The molecule has 0 bridgehead atoms. The van der Waals surface area contributed by atoms with Crippen LogP contribution in [0.25, 0.3) is 16.7 Å². The largest absolute Gasteiger partial charge is 0.416 e. The van der Waals surface area contributed by atoms with E-state index in [9.17, 15) is 26.7 Å². The Hall–Kier alpha value is -2.93. The highest BCUT2D eigenvalue weighted by Gasteiger charge is 2.38. The van der Waals surface area contributed by atoms with E-state index in [-0.39, 0.29) is 17.7 Å². The lowest BCUT2D eigenvalue weighted by Gasteiger charge is -2.34. The van der Waals surface area contributed by atoms with Gasteiger partial charge < -0.3 is 15.3 Å². The van der Waals surface area contributed by atoms with Crippen LogP contribution in [0.15, 0.2) is 30.5 Å². The number of benzene rings is 1. The van der Waals surface area contributed by atoms with Gasteiger partial charge in [0, 0.05) is 25.4 Å². The number of hydrogen-bond acceptors (Lipinski definition) is 8. The fourth-order valence-electron chi connectivity index (χ4n) is 4.54. The van der Waals surface area contributed by atoms with Crippen molar-refractivity contribution in [2.24, 2.45) is 0 Å². The number of β-amino-alcohol motifs (C(OH)–C–C–N with tert-alkyl or cyclic N) is 1. The summed E-state index contributed by atoms with van der Waals surface area (Å²) >= 11 is 0. The zero-order valence-electron chi connectivity index (χ0n) is 19.1. The summed E-state index contributed by atoms with van der Waals surface area (Å²) < 4.78 is 64.7. The third-order valence-electron chi connectivity index (χ3n) is 6.61. The molecule has 13 heteroatoms. The minimum atomic E-state index is -4.51. The van der Waals surface area contributed by atoms with Gasteiger partial charge in [-0.2, -0.15) is 28.2 Å². The first kappa shape index (κ1) is 23.8. The molecule has 188 valence electrons. The van der Waals surface area contributed by atoms with Crippen molar-refractivity contribution in [3.63, 3.8) is 0 Å². The van der Waals surface area contributed by atoms with Gasteiger partial charge in [-0.15, -0.1) is 0 Å². The molecule has 0 spiro atoms. The lowest BCUT2D eigenvalue weighted by atomic mass is 9.92. The smallest absolute Gasteiger partial charge is 0.388 e. The molecule has 3 heterocycles. The first-order valence-electron chi connectivity index (χ1n) is 11.2. The molecule has 1 aliphatic heterocycles. The van der Waals surface area contributed by atoms with Crippen LogP contribution >= 0.6 is 0 Å². The van der Waals surface area contributed by atoms with E-state index < -0.39 is 32.4 Å². The van der Waals surface area contributed by atoms with E-state index in [1.54, 1.807) is 6.92 Å². The van der Waals surface area contributed by atoms with E-state index in [1.165, 1.54) is 29.3 Å². The number of fused-ring (bicyclic) bond motifs is 1. The zero-order valence-corrected chi connectivity index (χ0v) is 19.9. The fraction of sp³-hybridized carbons (Fsp3) is 0.500. The quantitative estimate of drug-likeness (QED) is 0.539. The highest BCUT2D eigenvalue weighted by atomic mass is 32.2. The van der Waals surface area contributed by atoms with Crippen molar-refractivity contribution in [1.29, 1.82) is 0 Å². The van der Waals surface area contributed by atoms with Crippen LogP contribution in [-0.4, -0.2) is 69.5 Å². The average molecular weight is 511 g/mol. The molecule has 1 aliphatic carbocycles. The van der Waals surface area contributed by atoms with Gasteiger partial charge in [0.25, 0.3) is 0 Å². The van der Waals surface area contributed by atoms with Crippen LogP contribution in [0.2, 0.25) is 0 Å². The maximum Gasteiger partial charge on any atom is 0.416 e. The summed E-state index contributed by atoms with van der Waals surface area (Å²) in [5.41, 5.74) is -1.20. The topological polar surface area (TPSA) is 113 Å². The van der Waals surface area contributed by atoms with Crippen LogP contribution in [0, 0.1) is 0 Å². The Morgan fingerprint density at radius 1 is 1.23 bits per heavy atom. The van der Waals surface area contributed by atoms with Gasteiger partial charge in [0.1, 0.15) is 15.7 Å². The normalized spacial score (nSPS) is 25.1. The summed E-state index contributed by atoms with van der Waals surface area (Å²) in [5, 5.41) is 18.1. The van der Waals surface area contributed by atoms with Crippen molar-refractivity contribution in [2.45, 2.75) is 49.3 Å². The molecule has 2 fully saturated rings. The number of nitrogens with zero attached hydrogens (tertiary/aromatic N) is 5. The van der Waals surface area contributed by atoms with Crippen LogP contribution in [0.3, 0.4) is 0 Å². The number of sulfone groups is 1. The van der Waals surface area contributed by atoms with Crippen LogP contribution in [0.1, 0.15) is 31.7 Å². The number of rotatable bonds is 5. The number of nitrogens with one attached hydrogen (secondary N) is 1. The molecule has 1 atom stereocenters. The van der Waals surface area contributed by atoms with Crippen LogP contribution in [0.4, 0.5) is 24.9 Å². The fourth-order valence-corrected chi connectivity index (χ4v) is 5.71. The van der Waals surface area contributed by atoms with Gasteiger partial charge >= 0.3 is 6.18 Å². The average Bonchev–Trinajstić information content (AvgIpc) is 3.31. The molecule has 0 radical (unpaired) electrons. The number of hydrogen-bond donors (Lipinski definition) is 2. The minimum absolute atomic E-state index is 0.147. The monoisotopic (exact) mass is 510 g/mol. The zero-order chi connectivity index (χ0) is 25.2. The van der Waals surface area contributed by atoms with Gasteiger partial charge in [-0.1, -0.05) is 6.07 Å². The predicted octanol–water partition coefficient (Wildman–Crippen LogP) is 2.78. The predicted molar refractivity (Wildman–Crippen MR) is 124 cm³/mol. The molecular formula is C22H25F3N6O3S. The van der Waals surface area contributed by atoms with Gasteiger partial charge in [-0.3, -0.25) is 0 Å². The number of aliphatic hydroxyl groups is 1. The number of aromatic nitrogens is 4. The van der Waals surface area contributed by atoms with Crippen molar-refractivity contribution in [1.82, 2.24) is 19.7 Å². The van der Waals surface area contributed by atoms with E-state index in [2.05, 4.69) is 20.4 Å². The second kappa shape index (κ2) is 8.05. The summed E-state index contributed by atoms with van der Waals surface area (Å²) in [5.74, 6) is 0.734. The maximum absolute atomic E-state index is 13.3. The van der Waals surface area contributed by atoms with Gasteiger partial charge in [0.2, 0.25) is 5.95 Å². The second-order valence-corrected chi connectivity index (χ2v) is 12.0. The molecule has 2 aliphatic rings. The van der Waals surface area contributed by atoms with Crippen molar-refractivity contribution < 1.29 is 26.7 Å². The van der Waals surface area contributed by atoms with E-state index in [4.69, 9.17) is 0 Å². The Kier molecular flexibility index (Phi) is 5.47. The summed E-state index contributed by atoms with van der Waals surface area (Å²) in [4.78, 5) is 11.1.